The van der Waals surface area contributed by atoms with Gasteiger partial charge in [0.1, 0.15) is 0 Å². The highest BCUT2D eigenvalue weighted by atomic mass is 16.6. The van der Waals surface area contributed by atoms with Gasteiger partial charge in [0.05, 0.1) is 26.9 Å². The Balaban J connectivity index is 0.000000303. The van der Waals surface area contributed by atoms with E-state index in [1.54, 1.807) is 0 Å². The molecule has 11 nitrogen and oxygen atoms in total. The number of non-ortho nitro benzene ring substituents is 1. The first kappa shape index (κ1) is 24.4. The molecular formula is C19H24N4O7. The summed E-state index contributed by atoms with van der Waals surface area (Å²) in [5, 5.41) is 40.2. The predicted octanol–water partition coefficient (Wildman–Crippen LogP) is 4.08. The summed E-state index contributed by atoms with van der Waals surface area (Å²) in [6, 6.07) is 11.6. The molecule has 2 aromatic rings. The van der Waals surface area contributed by atoms with E-state index in [4.69, 9.17) is 5.11 Å². The topological polar surface area (TPSA) is 153 Å². The summed E-state index contributed by atoms with van der Waals surface area (Å²) in [5.74, 6) is -1.21. The molecule has 0 fully saturated rings. The van der Waals surface area contributed by atoms with Gasteiger partial charge in [0, 0.05) is 0 Å². The van der Waals surface area contributed by atoms with Gasteiger partial charge in [-0.15, -0.1) is 0 Å². The monoisotopic (exact) mass is 420 g/mol. The summed E-state index contributed by atoms with van der Waals surface area (Å²) in [4.78, 5) is 30.0. The van der Waals surface area contributed by atoms with Gasteiger partial charge in [-0.1, -0.05) is 36.8 Å². The Hall–Kier alpha value is -3.60. The molecular weight excluding hydrogens is 396 g/mol. The molecule has 0 radical (unpaired) electrons. The molecule has 11 heteroatoms. The van der Waals surface area contributed by atoms with Crippen LogP contribution in [0.4, 0.5) is 17.1 Å². The third kappa shape index (κ3) is 8.19. The maximum atomic E-state index is 10.4. The average Bonchev–Trinajstić information content (AvgIpc) is 2.68. The minimum absolute atomic E-state index is 0.447. The Morgan fingerprint density at radius 1 is 0.833 bits per heavy atom. The van der Waals surface area contributed by atoms with Crippen LogP contribution in [-0.2, 0) is 6.42 Å². The number of benzene rings is 2. The molecule has 162 valence electrons. The first-order chi connectivity index (χ1) is 14.1. The quantitative estimate of drug-likeness (QED) is 0.362. The molecule has 0 bridgehead atoms. The van der Waals surface area contributed by atoms with Gasteiger partial charge < -0.3 is 10.0 Å². The van der Waals surface area contributed by atoms with Crippen LogP contribution in [0.5, 0.6) is 5.75 Å². The van der Waals surface area contributed by atoms with Crippen LogP contribution in [0.2, 0.25) is 0 Å². The zero-order valence-corrected chi connectivity index (χ0v) is 16.8. The molecule has 0 saturated carbocycles. The molecule has 0 aromatic heterocycles. The van der Waals surface area contributed by atoms with Crippen molar-refractivity contribution in [2.75, 3.05) is 20.6 Å². The third-order valence-electron chi connectivity index (χ3n) is 4.07. The Morgan fingerprint density at radius 2 is 1.37 bits per heavy atom. The van der Waals surface area contributed by atoms with Crippen LogP contribution in [0.15, 0.2) is 42.5 Å². The molecule has 0 amide bonds. The van der Waals surface area contributed by atoms with E-state index in [0.29, 0.717) is 12.1 Å². The Bertz CT molecular complexity index is 837. The van der Waals surface area contributed by atoms with Crippen LogP contribution < -0.4 is 0 Å². The number of nitrogens with zero attached hydrogens (tertiary/aromatic N) is 4. The molecule has 2 rings (SSSR count). The van der Waals surface area contributed by atoms with Gasteiger partial charge in [0.2, 0.25) is 0 Å². The van der Waals surface area contributed by atoms with Gasteiger partial charge >= 0.3 is 11.4 Å². The van der Waals surface area contributed by atoms with Gasteiger partial charge in [0.25, 0.3) is 11.4 Å². The van der Waals surface area contributed by atoms with Crippen molar-refractivity contribution >= 4 is 17.1 Å². The molecule has 2 aromatic carbocycles. The maximum absolute atomic E-state index is 10.4. The normalized spacial score (nSPS) is 10.2. The van der Waals surface area contributed by atoms with Gasteiger partial charge in [-0.05, 0) is 45.5 Å². The lowest BCUT2D eigenvalue weighted by Gasteiger charge is -2.08. The van der Waals surface area contributed by atoms with E-state index < -0.39 is 37.6 Å². The summed E-state index contributed by atoms with van der Waals surface area (Å²) in [5.41, 5.74) is -1.53. The number of aryl methyl sites for hydroxylation is 1. The molecule has 0 heterocycles. The Kier molecular flexibility index (Phi) is 9.83. The zero-order valence-electron chi connectivity index (χ0n) is 16.8. The van der Waals surface area contributed by atoms with Gasteiger partial charge in [-0.25, -0.2) is 0 Å². The molecule has 0 saturated heterocycles. The Morgan fingerprint density at radius 3 is 1.80 bits per heavy atom. The van der Waals surface area contributed by atoms with Crippen LogP contribution in [0.3, 0.4) is 0 Å². The summed E-state index contributed by atoms with van der Waals surface area (Å²) >= 11 is 0. The largest absolute Gasteiger partial charge is 0.497 e. The van der Waals surface area contributed by atoms with Crippen LogP contribution in [0.25, 0.3) is 0 Å². The fraction of sp³-hybridized carbons (Fsp3) is 0.368. The van der Waals surface area contributed by atoms with Crippen molar-refractivity contribution in [3.8, 4) is 5.75 Å². The minimum atomic E-state index is -1.21. The van der Waals surface area contributed by atoms with E-state index >= 15 is 0 Å². The fourth-order valence-corrected chi connectivity index (χ4v) is 2.55. The molecule has 30 heavy (non-hydrogen) atoms. The first-order valence-corrected chi connectivity index (χ1v) is 9.12. The number of aromatic hydroxyl groups is 1. The molecule has 0 aliphatic carbocycles. The van der Waals surface area contributed by atoms with Crippen molar-refractivity contribution in [2.24, 2.45) is 0 Å². The fourth-order valence-electron chi connectivity index (χ4n) is 2.55. The number of nitro groups is 3. The average molecular weight is 420 g/mol. The number of phenolic OH excluding ortho intramolecular Hbond substituents is 1. The highest BCUT2D eigenvalue weighted by molar-refractivity contribution is 5.64. The predicted molar refractivity (Wildman–Crippen MR) is 111 cm³/mol. The lowest BCUT2D eigenvalue weighted by Crippen LogP contribution is -2.12. The van der Waals surface area contributed by atoms with Crippen LogP contribution >= 0.6 is 0 Å². The maximum Gasteiger partial charge on any atom is 0.324 e. The highest BCUT2D eigenvalue weighted by Crippen LogP contribution is 2.38. The van der Waals surface area contributed by atoms with Crippen LogP contribution in [-0.4, -0.2) is 45.4 Å². The van der Waals surface area contributed by atoms with Gasteiger partial charge in [0.15, 0.2) is 0 Å². The van der Waals surface area contributed by atoms with Crippen molar-refractivity contribution in [3.05, 3.63) is 78.4 Å². The number of nitro benzene ring substituents is 3. The van der Waals surface area contributed by atoms with E-state index in [1.165, 1.54) is 37.8 Å². The van der Waals surface area contributed by atoms with Crippen molar-refractivity contribution < 1.29 is 19.9 Å². The minimum Gasteiger partial charge on any atom is -0.497 e. The smallest absolute Gasteiger partial charge is 0.324 e. The van der Waals surface area contributed by atoms with Crippen molar-refractivity contribution in [3.63, 3.8) is 0 Å². The molecule has 0 spiro atoms. The van der Waals surface area contributed by atoms with Gasteiger partial charge in [-0.2, -0.15) is 0 Å². The van der Waals surface area contributed by atoms with Crippen LogP contribution in [0, 0.1) is 30.3 Å². The lowest BCUT2D eigenvalue weighted by molar-refractivity contribution is -0.404. The molecule has 0 atom stereocenters. The summed E-state index contributed by atoms with van der Waals surface area (Å²) in [6.07, 6.45) is 5.21. The number of unbranched alkanes of at least 4 members (excludes halogenated alkanes) is 2. The Labute approximate surface area is 173 Å². The molecule has 1 N–H and O–H groups in total. The van der Waals surface area contributed by atoms with E-state index in [2.05, 4.69) is 49.3 Å². The second-order valence-corrected chi connectivity index (χ2v) is 6.70. The SMILES string of the molecule is CN(C)CCCCCc1ccccc1.O=[N+]([O-])c1cc([N+](=O)[O-])c(O)c([N+](=O)[O-])c1. The van der Waals surface area contributed by atoms with Crippen molar-refractivity contribution in [2.45, 2.75) is 25.7 Å². The van der Waals surface area contributed by atoms with E-state index in [0.717, 1.165) is 0 Å². The van der Waals surface area contributed by atoms with Crippen molar-refractivity contribution in [1.82, 2.24) is 4.90 Å². The third-order valence-corrected chi connectivity index (χ3v) is 4.07. The first-order valence-electron chi connectivity index (χ1n) is 9.12. The van der Waals surface area contributed by atoms with Crippen LogP contribution in [0.1, 0.15) is 24.8 Å². The number of phenols is 1. The second-order valence-electron chi connectivity index (χ2n) is 6.70. The van der Waals surface area contributed by atoms with E-state index in [-0.39, 0.29) is 0 Å². The lowest BCUT2D eigenvalue weighted by atomic mass is 10.1. The summed E-state index contributed by atoms with van der Waals surface area (Å²) in [6.45, 7) is 1.22. The molecule has 0 aliphatic rings. The highest BCUT2D eigenvalue weighted by Gasteiger charge is 2.30. The number of hydrogen-bond acceptors (Lipinski definition) is 8. The summed E-state index contributed by atoms with van der Waals surface area (Å²) < 4.78 is 0. The van der Waals surface area contributed by atoms with E-state index in [1.807, 2.05) is 0 Å². The molecule has 0 aliphatic heterocycles. The number of rotatable bonds is 9. The summed E-state index contributed by atoms with van der Waals surface area (Å²) in [7, 11) is 4.27. The second kappa shape index (κ2) is 12.1. The zero-order chi connectivity index (χ0) is 22.7. The van der Waals surface area contributed by atoms with Crippen molar-refractivity contribution in [1.29, 1.82) is 0 Å². The number of hydrogen-bond donors (Lipinski definition) is 1. The molecule has 0 unspecified atom stereocenters. The van der Waals surface area contributed by atoms with Gasteiger partial charge in [-0.3, -0.25) is 30.3 Å². The standard InChI is InChI=1S/C13H21N.C6H3N3O7/c1-14(2)12-8-4-7-11-13-9-5-3-6-10-13;10-6-4(8(13)14)1-3(7(11)12)2-5(6)9(15)16/h3,5-6,9-10H,4,7-8,11-12H2,1-2H3;1-2,10H. The van der Waals surface area contributed by atoms with E-state index in [9.17, 15) is 30.3 Å².